The van der Waals surface area contributed by atoms with Crippen LogP contribution in [0.2, 0.25) is 5.02 Å². The van der Waals surface area contributed by atoms with E-state index in [0.29, 0.717) is 16.3 Å². The van der Waals surface area contributed by atoms with E-state index in [4.69, 9.17) is 16.3 Å². The van der Waals surface area contributed by atoms with Crippen LogP contribution < -0.4 is 15.4 Å². The highest BCUT2D eigenvalue weighted by molar-refractivity contribution is 6.32. The minimum Gasteiger partial charge on any atom is -0.480 e. The van der Waals surface area contributed by atoms with Crippen LogP contribution in [-0.4, -0.2) is 50.4 Å². The highest BCUT2D eigenvalue weighted by atomic mass is 35.5. The summed E-state index contributed by atoms with van der Waals surface area (Å²) in [6, 6.07) is 8.36. The van der Waals surface area contributed by atoms with Crippen molar-refractivity contribution in [3.8, 4) is 11.7 Å². The van der Waals surface area contributed by atoms with Gasteiger partial charge in [-0.3, -0.25) is 9.59 Å². The maximum absolute atomic E-state index is 13.3. The van der Waals surface area contributed by atoms with Gasteiger partial charge in [-0.2, -0.15) is 5.10 Å². The van der Waals surface area contributed by atoms with E-state index in [0.717, 1.165) is 5.52 Å². The van der Waals surface area contributed by atoms with Gasteiger partial charge in [0.05, 0.1) is 29.5 Å². The molecule has 10 nitrogen and oxygen atoms in total. The van der Waals surface area contributed by atoms with Crippen molar-refractivity contribution >= 4 is 34.6 Å². The number of aryl methyl sites for hydroxylation is 1. The molecule has 4 rings (SSSR count). The number of aromatic nitrogens is 5. The number of halogens is 1. The molecule has 0 spiro atoms. The summed E-state index contributed by atoms with van der Waals surface area (Å²) in [5.41, 5.74) is 2.05. The third kappa shape index (κ3) is 3.57. The van der Waals surface area contributed by atoms with Crippen LogP contribution in [-0.2, 0) is 0 Å². The first kappa shape index (κ1) is 20.4. The van der Waals surface area contributed by atoms with Crippen molar-refractivity contribution in [2.24, 2.45) is 0 Å². The zero-order valence-electron chi connectivity index (χ0n) is 16.9. The molecular formula is C20H18ClN7O3. The molecule has 0 aromatic carbocycles. The Bertz CT molecular complexity index is 1310. The molecule has 158 valence electrons. The molecule has 31 heavy (non-hydrogen) atoms. The quantitative estimate of drug-likeness (QED) is 0.493. The van der Waals surface area contributed by atoms with Gasteiger partial charge in [-0.05, 0) is 36.8 Å². The molecule has 0 fully saturated rings. The average Bonchev–Trinajstić information content (AvgIpc) is 3.40. The number of ether oxygens (including phenoxy) is 1. The molecule has 0 aliphatic heterocycles. The van der Waals surface area contributed by atoms with E-state index < -0.39 is 11.8 Å². The number of carbonyl (C=O) groups excluding carboxylic acids is 2. The number of fused-ring (bicyclic) bond motifs is 1. The zero-order chi connectivity index (χ0) is 22.1. The van der Waals surface area contributed by atoms with Gasteiger partial charge in [0.25, 0.3) is 11.8 Å². The largest absolute Gasteiger partial charge is 0.480 e. The average molecular weight is 440 g/mol. The van der Waals surface area contributed by atoms with E-state index in [-0.39, 0.29) is 23.1 Å². The Morgan fingerprint density at radius 3 is 2.68 bits per heavy atom. The van der Waals surface area contributed by atoms with E-state index >= 15 is 0 Å². The lowest BCUT2D eigenvalue weighted by Gasteiger charge is -2.15. The van der Waals surface area contributed by atoms with E-state index in [2.05, 4.69) is 25.8 Å². The summed E-state index contributed by atoms with van der Waals surface area (Å²) in [4.78, 5) is 30.1. The third-order valence-electron chi connectivity index (χ3n) is 4.63. The van der Waals surface area contributed by atoms with Crippen molar-refractivity contribution in [2.45, 2.75) is 6.92 Å². The van der Waals surface area contributed by atoms with Crippen LogP contribution in [0.4, 0.5) is 5.69 Å². The molecule has 0 aliphatic carbocycles. The molecule has 4 heterocycles. The Labute approximate surface area is 181 Å². The Balaban J connectivity index is 1.82. The summed E-state index contributed by atoms with van der Waals surface area (Å²) in [5, 5.41) is 14.2. The standard InChI is InChI=1S/C20H18ClN7O3/c1-11-9-12-6-8-24-27(12)17(20(30)22-2)16(11)25-19(29)14-10-15(31-3)26-28(14)18-13(21)5-4-7-23-18/h4-10H,1-3H3,(H,22,30)(H,25,29). The molecule has 0 saturated carbocycles. The number of nitrogens with one attached hydrogen (secondary N) is 2. The van der Waals surface area contributed by atoms with Crippen molar-refractivity contribution in [2.75, 3.05) is 19.5 Å². The second-order valence-corrected chi connectivity index (χ2v) is 6.95. The van der Waals surface area contributed by atoms with Gasteiger partial charge in [0, 0.05) is 19.3 Å². The van der Waals surface area contributed by atoms with E-state index in [1.807, 2.05) is 6.07 Å². The van der Waals surface area contributed by atoms with Gasteiger partial charge in [0.15, 0.2) is 11.5 Å². The van der Waals surface area contributed by atoms with Gasteiger partial charge >= 0.3 is 0 Å². The SMILES string of the molecule is CNC(=O)c1c(NC(=O)c2cc(OC)nn2-c2ncccc2Cl)c(C)cc2ccnn12. The van der Waals surface area contributed by atoms with Crippen LogP contribution in [0.25, 0.3) is 11.3 Å². The number of hydrogen-bond donors (Lipinski definition) is 2. The predicted molar refractivity (Wildman–Crippen MR) is 114 cm³/mol. The second-order valence-electron chi connectivity index (χ2n) is 6.54. The lowest BCUT2D eigenvalue weighted by atomic mass is 10.1. The van der Waals surface area contributed by atoms with Crippen molar-refractivity contribution in [3.63, 3.8) is 0 Å². The Hall–Kier alpha value is -3.92. The fraction of sp³-hybridized carbons (Fsp3) is 0.150. The van der Waals surface area contributed by atoms with Crippen LogP contribution in [0.15, 0.2) is 42.7 Å². The molecule has 11 heteroatoms. The molecule has 4 aromatic rings. The first-order valence-electron chi connectivity index (χ1n) is 9.20. The number of anilines is 1. The highest BCUT2D eigenvalue weighted by Crippen LogP contribution is 2.26. The van der Waals surface area contributed by atoms with Gasteiger partial charge in [0.2, 0.25) is 5.88 Å². The first-order valence-corrected chi connectivity index (χ1v) is 9.58. The van der Waals surface area contributed by atoms with Crippen LogP contribution >= 0.6 is 11.6 Å². The molecule has 0 atom stereocenters. The molecular weight excluding hydrogens is 422 g/mol. The minimum atomic E-state index is -0.530. The zero-order valence-corrected chi connectivity index (χ0v) is 17.6. The lowest BCUT2D eigenvalue weighted by molar-refractivity contribution is 0.0956. The third-order valence-corrected chi connectivity index (χ3v) is 4.92. The number of hydrogen-bond acceptors (Lipinski definition) is 6. The maximum atomic E-state index is 13.3. The molecule has 2 N–H and O–H groups in total. The molecule has 2 amide bonds. The summed E-state index contributed by atoms with van der Waals surface area (Å²) in [6.45, 7) is 1.79. The van der Waals surface area contributed by atoms with Crippen molar-refractivity contribution in [3.05, 3.63) is 64.7 Å². The highest BCUT2D eigenvalue weighted by Gasteiger charge is 2.24. The molecule has 4 aromatic heterocycles. The monoisotopic (exact) mass is 439 g/mol. The van der Waals surface area contributed by atoms with Gasteiger partial charge in [-0.15, -0.1) is 5.10 Å². The van der Waals surface area contributed by atoms with Crippen LogP contribution in [0.5, 0.6) is 5.88 Å². The predicted octanol–water partition coefficient (Wildman–Crippen LogP) is 2.50. The molecule has 0 radical (unpaired) electrons. The summed E-state index contributed by atoms with van der Waals surface area (Å²) >= 11 is 6.25. The van der Waals surface area contributed by atoms with Crippen LogP contribution in [0.3, 0.4) is 0 Å². The fourth-order valence-electron chi connectivity index (χ4n) is 3.18. The Morgan fingerprint density at radius 2 is 1.97 bits per heavy atom. The number of methoxy groups -OCH3 is 1. The number of nitrogens with zero attached hydrogens (tertiary/aromatic N) is 5. The lowest BCUT2D eigenvalue weighted by Crippen LogP contribution is -2.26. The first-order chi connectivity index (χ1) is 14.9. The van der Waals surface area contributed by atoms with E-state index in [1.54, 1.807) is 31.3 Å². The maximum Gasteiger partial charge on any atom is 0.274 e. The van der Waals surface area contributed by atoms with Crippen molar-refractivity contribution in [1.82, 2.24) is 29.7 Å². The van der Waals surface area contributed by atoms with Crippen LogP contribution in [0, 0.1) is 6.92 Å². The summed E-state index contributed by atoms with van der Waals surface area (Å²) in [5.74, 6) is -0.454. The van der Waals surface area contributed by atoms with Crippen molar-refractivity contribution in [1.29, 1.82) is 0 Å². The van der Waals surface area contributed by atoms with Crippen molar-refractivity contribution < 1.29 is 14.3 Å². The van der Waals surface area contributed by atoms with Gasteiger partial charge in [0.1, 0.15) is 5.69 Å². The molecule has 0 aliphatic rings. The number of amides is 2. The molecule has 0 unspecified atom stereocenters. The molecule has 0 saturated heterocycles. The molecule has 0 bridgehead atoms. The minimum absolute atomic E-state index is 0.125. The van der Waals surface area contributed by atoms with E-state index in [9.17, 15) is 9.59 Å². The topological polar surface area (TPSA) is 115 Å². The normalized spacial score (nSPS) is 10.8. The summed E-state index contributed by atoms with van der Waals surface area (Å²) < 4.78 is 7.94. The van der Waals surface area contributed by atoms with Gasteiger partial charge < -0.3 is 15.4 Å². The summed E-state index contributed by atoms with van der Waals surface area (Å²) in [7, 11) is 2.95. The number of carbonyl (C=O) groups is 2. The number of rotatable bonds is 5. The Kier molecular flexibility index (Phi) is 5.30. The summed E-state index contributed by atoms with van der Waals surface area (Å²) in [6.07, 6.45) is 3.12. The van der Waals surface area contributed by atoms with Crippen LogP contribution in [0.1, 0.15) is 26.5 Å². The fourth-order valence-corrected chi connectivity index (χ4v) is 3.38. The van der Waals surface area contributed by atoms with Gasteiger partial charge in [-0.1, -0.05) is 11.6 Å². The second kappa shape index (κ2) is 8.07. The Morgan fingerprint density at radius 1 is 1.16 bits per heavy atom. The van der Waals surface area contributed by atoms with E-state index in [1.165, 1.54) is 35.6 Å². The van der Waals surface area contributed by atoms with Gasteiger partial charge in [-0.25, -0.2) is 14.2 Å². The smallest absolute Gasteiger partial charge is 0.274 e. The number of pyridine rings is 2.